The molecule has 0 radical (unpaired) electrons. The quantitative estimate of drug-likeness (QED) is 0.340. The van der Waals surface area contributed by atoms with Gasteiger partial charge in [-0.25, -0.2) is 0 Å². The number of carbonyl (C=O) groups is 1. The maximum atomic E-state index is 12.5. The van der Waals surface area contributed by atoms with E-state index in [4.69, 9.17) is 0 Å². The molecule has 1 aliphatic heterocycles. The van der Waals surface area contributed by atoms with Crippen LogP contribution in [-0.2, 0) is 17.8 Å². The molecule has 0 saturated heterocycles. The first-order chi connectivity index (χ1) is 16.4. The number of hydrogen-bond donors (Lipinski definition) is 1. The van der Waals surface area contributed by atoms with Crippen LogP contribution in [-0.4, -0.2) is 36.8 Å². The molecule has 1 heterocycles. The Morgan fingerprint density at radius 3 is 2.65 bits per heavy atom. The smallest absolute Gasteiger partial charge is 0.406 e. The Morgan fingerprint density at radius 2 is 1.82 bits per heavy atom. The number of hydrogen-bond acceptors (Lipinski definition) is 3. The molecule has 4 nitrogen and oxygen atoms in total. The van der Waals surface area contributed by atoms with E-state index in [-0.39, 0.29) is 11.7 Å². The molecule has 3 aromatic carbocycles. The van der Waals surface area contributed by atoms with Crippen LogP contribution in [0.5, 0.6) is 5.75 Å². The number of amides is 1. The highest BCUT2D eigenvalue weighted by Gasteiger charge is 2.31. The van der Waals surface area contributed by atoms with Crippen LogP contribution in [0.15, 0.2) is 66.7 Å². The lowest BCUT2D eigenvalue weighted by Crippen LogP contribution is -2.32. The van der Waals surface area contributed by atoms with Gasteiger partial charge in [-0.1, -0.05) is 42.5 Å². The molecule has 1 amide bonds. The molecule has 0 spiro atoms. The van der Waals surface area contributed by atoms with Crippen LogP contribution in [0.3, 0.4) is 0 Å². The van der Waals surface area contributed by atoms with Crippen LogP contribution in [0.4, 0.5) is 13.2 Å². The van der Waals surface area contributed by atoms with Gasteiger partial charge in [0, 0.05) is 25.7 Å². The molecule has 1 N–H and O–H groups in total. The number of fused-ring (bicyclic) bond motifs is 2. The van der Waals surface area contributed by atoms with Gasteiger partial charge in [0.15, 0.2) is 0 Å². The second-order valence-corrected chi connectivity index (χ2v) is 8.44. The first kappa shape index (κ1) is 23.8. The molecule has 0 aliphatic carbocycles. The number of halogens is 3. The third-order valence-electron chi connectivity index (χ3n) is 5.90. The number of nitrogens with zero attached hydrogens (tertiary/aromatic N) is 1. The summed E-state index contributed by atoms with van der Waals surface area (Å²) in [6.07, 6.45) is 1.20. The fraction of sp³-hybridized carbons (Fsp3) is 0.296. The minimum atomic E-state index is -4.68. The van der Waals surface area contributed by atoms with Gasteiger partial charge in [-0.3, -0.25) is 9.69 Å². The summed E-state index contributed by atoms with van der Waals surface area (Å²) in [5.74, 6) is -0.301. The molecule has 0 atom stereocenters. The lowest BCUT2D eigenvalue weighted by molar-refractivity contribution is -0.274. The van der Waals surface area contributed by atoms with Crippen LogP contribution in [0, 0.1) is 0 Å². The SMILES string of the molecule is O=C(C=Cc1ccc2ccccc2c1)NCCCCN1CCc2ccc(OC(F)(F)F)cc2C1. The van der Waals surface area contributed by atoms with E-state index in [2.05, 4.69) is 21.0 Å². The van der Waals surface area contributed by atoms with E-state index in [1.54, 1.807) is 12.1 Å². The molecule has 7 heteroatoms. The van der Waals surface area contributed by atoms with Crippen molar-refractivity contribution in [3.63, 3.8) is 0 Å². The topological polar surface area (TPSA) is 41.6 Å². The van der Waals surface area contributed by atoms with Crippen LogP contribution in [0.2, 0.25) is 0 Å². The van der Waals surface area contributed by atoms with Crippen LogP contribution in [0.25, 0.3) is 16.8 Å². The Hall–Kier alpha value is -3.32. The zero-order valence-electron chi connectivity index (χ0n) is 18.8. The summed E-state index contributed by atoms with van der Waals surface area (Å²) < 4.78 is 41.5. The highest BCUT2D eigenvalue weighted by molar-refractivity contribution is 5.92. The summed E-state index contributed by atoms with van der Waals surface area (Å²) in [7, 11) is 0. The fourth-order valence-electron chi connectivity index (χ4n) is 4.19. The van der Waals surface area contributed by atoms with Crippen molar-refractivity contribution >= 4 is 22.8 Å². The van der Waals surface area contributed by atoms with Crippen LogP contribution >= 0.6 is 0 Å². The zero-order chi connectivity index (χ0) is 24.0. The molecule has 4 rings (SSSR count). The van der Waals surface area contributed by atoms with Gasteiger partial charge in [-0.05, 0) is 77.5 Å². The summed E-state index contributed by atoms with van der Waals surface area (Å²) in [6.45, 7) is 2.88. The van der Waals surface area contributed by atoms with Crippen molar-refractivity contribution in [1.29, 1.82) is 0 Å². The molecule has 0 bridgehead atoms. The van der Waals surface area contributed by atoms with Crippen molar-refractivity contribution in [1.82, 2.24) is 10.2 Å². The number of ether oxygens (including phenoxy) is 1. The average Bonchev–Trinajstić information content (AvgIpc) is 2.81. The Balaban J connectivity index is 1.17. The summed E-state index contributed by atoms with van der Waals surface area (Å²) in [5, 5.41) is 5.20. The Bertz CT molecular complexity index is 1170. The Labute approximate surface area is 197 Å². The lowest BCUT2D eigenvalue weighted by Gasteiger charge is -2.29. The van der Waals surface area contributed by atoms with E-state index in [1.807, 2.05) is 42.5 Å². The molecule has 0 aromatic heterocycles. The third kappa shape index (κ3) is 6.84. The predicted molar refractivity (Wildman–Crippen MR) is 127 cm³/mol. The van der Waals surface area contributed by atoms with Gasteiger partial charge in [-0.2, -0.15) is 0 Å². The van der Waals surface area contributed by atoms with Crippen LogP contribution < -0.4 is 10.1 Å². The number of benzene rings is 3. The third-order valence-corrected chi connectivity index (χ3v) is 5.90. The number of alkyl halides is 3. The van der Waals surface area contributed by atoms with Gasteiger partial charge < -0.3 is 10.1 Å². The Kier molecular flexibility index (Phi) is 7.53. The second kappa shape index (κ2) is 10.7. The molecular formula is C27H27F3N2O2. The first-order valence-electron chi connectivity index (χ1n) is 11.4. The van der Waals surface area contributed by atoms with E-state index < -0.39 is 6.36 Å². The van der Waals surface area contributed by atoms with E-state index in [9.17, 15) is 18.0 Å². The average molecular weight is 469 g/mol. The van der Waals surface area contributed by atoms with E-state index in [1.165, 1.54) is 12.1 Å². The van der Waals surface area contributed by atoms with E-state index in [0.717, 1.165) is 59.8 Å². The van der Waals surface area contributed by atoms with Gasteiger partial charge in [0.05, 0.1) is 0 Å². The molecule has 0 saturated carbocycles. The monoisotopic (exact) mass is 468 g/mol. The number of nitrogens with one attached hydrogen (secondary N) is 1. The largest absolute Gasteiger partial charge is 0.573 e. The first-order valence-corrected chi connectivity index (χ1v) is 11.4. The summed E-state index contributed by atoms with van der Waals surface area (Å²) in [5.41, 5.74) is 2.92. The zero-order valence-corrected chi connectivity index (χ0v) is 18.8. The van der Waals surface area contributed by atoms with E-state index >= 15 is 0 Å². The van der Waals surface area contributed by atoms with Crippen molar-refractivity contribution in [2.75, 3.05) is 19.6 Å². The molecule has 0 unspecified atom stereocenters. The van der Waals surface area contributed by atoms with Crippen molar-refractivity contribution < 1.29 is 22.7 Å². The lowest BCUT2D eigenvalue weighted by atomic mass is 9.99. The molecule has 34 heavy (non-hydrogen) atoms. The summed E-state index contributed by atoms with van der Waals surface area (Å²) in [4.78, 5) is 14.3. The molecule has 3 aromatic rings. The van der Waals surface area contributed by atoms with Gasteiger partial charge in [-0.15, -0.1) is 13.2 Å². The minimum absolute atomic E-state index is 0.128. The van der Waals surface area contributed by atoms with Crippen molar-refractivity contribution in [3.05, 3.63) is 83.4 Å². The fourth-order valence-corrected chi connectivity index (χ4v) is 4.19. The maximum Gasteiger partial charge on any atom is 0.573 e. The summed E-state index contributed by atoms with van der Waals surface area (Å²) >= 11 is 0. The van der Waals surface area contributed by atoms with Gasteiger partial charge in [0.1, 0.15) is 5.75 Å². The highest BCUT2D eigenvalue weighted by Crippen LogP contribution is 2.28. The molecule has 178 valence electrons. The predicted octanol–water partition coefficient (Wildman–Crippen LogP) is 5.71. The van der Waals surface area contributed by atoms with Crippen molar-refractivity contribution in [3.8, 4) is 5.75 Å². The second-order valence-electron chi connectivity index (χ2n) is 8.44. The van der Waals surface area contributed by atoms with Crippen molar-refractivity contribution in [2.24, 2.45) is 0 Å². The molecule has 1 aliphatic rings. The van der Waals surface area contributed by atoms with E-state index in [0.29, 0.717) is 13.1 Å². The van der Waals surface area contributed by atoms with Gasteiger partial charge in [0.25, 0.3) is 0 Å². The number of unbranched alkanes of at least 4 members (excludes halogenated alkanes) is 1. The normalized spacial score (nSPS) is 14.3. The standard InChI is InChI=1S/C27H27F3N2O2/c28-27(29,30)34-25-11-10-22-13-16-32(19-24(22)18-25)15-4-3-14-31-26(33)12-8-20-7-9-21-5-1-2-6-23(21)17-20/h1-2,5-12,17-18H,3-4,13-16,19H2,(H,31,33). The van der Waals surface area contributed by atoms with Gasteiger partial charge >= 0.3 is 6.36 Å². The van der Waals surface area contributed by atoms with Gasteiger partial charge in [0.2, 0.25) is 5.91 Å². The highest BCUT2D eigenvalue weighted by atomic mass is 19.4. The maximum absolute atomic E-state index is 12.5. The van der Waals surface area contributed by atoms with Crippen LogP contribution in [0.1, 0.15) is 29.5 Å². The Morgan fingerprint density at radius 1 is 1.00 bits per heavy atom. The van der Waals surface area contributed by atoms with Crippen molar-refractivity contribution in [2.45, 2.75) is 32.2 Å². The minimum Gasteiger partial charge on any atom is -0.406 e. The number of carbonyl (C=O) groups excluding carboxylic acids is 1. The molecular weight excluding hydrogens is 441 g/mol. The number of rotatable bonds is 8. The summed E-state index contributed by atoms with van der Waals surface area (Å²) in [6, 6.07) is 18.7. The molecule has 0 fully saturated rings.